The molecular formula is C13H13BrO5. The minimum Gasteiger partial charge on any atom is -0.488 e. The third-order valence-electron chi connectivity index (χ3n) is 3.98. The maximum absolute atomic E-state index is 11.2. The highest BCUT2D eigenvalue weighted by molar-refractivity contribution is 9.10. The van der Waals surface area contributed by atoms with Crippen molar-refractivity contribution >= 4 is 21.9 Å². The van der Waals surface area contributed by atoms with E-state index in [1.165, 1.54) is 6.07 Å². The van der Waals surface area contributed by atoms with Gasteiger partial charge in [-0.1, -0.05) is 15.9 Å². The molecule has 2 unspecified atom stereocenters. The van der Waals surface area contributed by atoms with E-state index in [-0.39, 0.29) is 30.1 Å². The zero-order valence-corrected chi connectivity index (χ0v) is 11.5. The van der Waals surface area contributed by atoms with Crippen LogP contribution in [0, 0.1) is 5.92 Å². The van der Waals surface area contributed by atoms with Crippen LogP contribution in [0.3, 0.4) is 0 Å². The highest BCUT2D eigenvalue weighted by Gasteiger charge is 2.50. The number of benzene rings is 1. The van der Waals surface area contributed by atoms with Crippen molar-refractivity contribution in [2.24, 2.45) is 5.92 Å². The summed E-state index contributed by atoms with van der Waals surface area (Å²) in [7, 11) is 0. The first-order valence-corrected chi connectivity index (χ1v) is 6.84. The number of carboxylic acid groups (broad SMARTS) is 1. The SMILES string of the molecule is O=C(O)c1cc(Br)cc2c1O[C@@H]1CC(O)C(CO)[C@H]21. The number of carbonyl (C=O) groups is 1. The number of hydrogen-bond donors (Lipinski definition) is 3. The summed E-state index contributed by atoms with van der Waals surface area (Å²) in [6.07, 6.45) is -0.448. The van der Waals surface area contributed by atoms with Crippen LogP contribution in [0.25, 0.3) is 0 Å². The van der Waals surface area contributed by atoms with Crippen LogP contribution in [0.15, 0.2) is 16.6 Å². The van der Waals surface area contributed by atoms with Gasteiger partial charge < -0.3 is 20.1 Å². The van der Waals surface area contributed by atoms with E-state index >= 15 is 0 Å². The number of carboxylic acids is 1. The van der Waals surface area contributed by atoms with Gasteiger partial charge in [-0.25, -0.2) is 4.79 Å². The van der Waals surface area contributed by atoms with E-state index in [1.807, 2.05) is 6.07 Å². The van der Waals surface area contributed by atoms with Gasteiger partial charge in [-0.3, -0.25) is 0 Å². The lowest BCUT2D eigenvalue weighted by atomic mass is 9.88. The quantitative estimate of drug-likeness (QED) is 0.763. The van der Waals surface area contributed by atoms with Gasteiger partial charge >= 0.3 is 5.97 Å². The second kappa shape index (κ2) is 4.47. The number of aromatic carboxylic acids is 1. The summed E-state index contributed by atoms with van der Waals surface area (Å²) in [5.41, 5.74) is 0.873. The van der Waals surface area contributed by atoms with Crippen molar-refractivity contribution in [2.45, 2.75) is 24.5 Å². The number of fused-ring (bicyclic) bond motifs is 3. The standard InChI is InChI=1S/C13H13BrO5/c14-5-1-6-11-8(4-15)9(16)3-10(11)19-12(6)7(2-5)13(17)18/h1-2,8-11,15-16H,3-4H2,(H,17,18)/t8?,9?,10-,11+/m1/s1. The lowest BCUT2D eigenvalue weighted by Crippen LogP contribution is -2.22. The maximum Gasteiger partial charge on any atom is 0.339 e. The minimum absolute atomic E-state index is 0.116. The number of ether oxygens (including phenoxy) is 1. The zero-order chi connectivity index (χ0) is 13.7. The predicted octanol–water partition coefficient (Wildman–Crippen LogP) is 1.36. The van der Waals surface area contributed by atoms with Crippen molar-refractivity contribution < 1.29 is 24.9 Å². The first-order valence-electron chi connectivity index (χ1n) is 6.05. The van der Waals surface area contributed by atoms with Crippen LogP contribution in [-0.2, 0) is 0 Å². The first kappa shape index (κ1) is 12.9. The van der Waals surface area contributed by atoms with Crippen LogP contribution < -0.4 is 4.74 Å². The molecule has 1 aliphatic carbocycles. The molecule has 102 valence electrons. The van der Waals surface area contributed by atoms with Gasteiger partial charge in [0.25, 0.3) is 0 Å². The molecule has 0 aromatic heterocycles. The number of aliphatic hydroxyl groups excluding tert-OH is 2. The van der Waals surface area contributed by atoms with E-state index in [0.29, 0.717) is 16.6 Å². The minimum atomic E-state index is -1.04. The first-order chi connectivity index (χ1) is 9.02. The van der Waals surface area contributed by atoms with Crippen molar-refractivity contribution in [2.75, 3.05) is 6.61 Å². The van der Waals surface area contributed by atoms with Crippen LogP contribution in [0.5, 0.6) is 5.75 Å². The lowest BCUT2D eigenvalue weighted by Gasteiger charge is -2.18. The third-order valence-corrected chi connectivity index (χ3v) is 4.44. The molecule has 1 saturated carbocycles. The van der Waals surface area contributed by atoms with E-state index in [0.717, 1.165) is 5.56 Å². The van der Waals surface area contributed by atoms with Gasteiger partial charge in [0.2, 0.25) is 0 Å². The second-order valence-electron chi connectivity index (χ2n) is 5.01. The fraction of sp³-hybridized carbons (Fsp3) is 0.462. The van der Waals surface area contributed by atoms with Crippen molar-refractivity contribution in [3.8, 4) is 5.75 Å². The molecule has 0 saturated heterocycles. The fourth-order valence-corrected chi connectivity index (χ4v) is 3.64. The maximum atomic E-state index is 11.2. The largest absolute Gasteiger partial charge is 0.488 e. The Morgan fingerprint density at radius 3 is 2.84 bits per heavy atom. The molecule has 0 amide bonds. The summed E-state index contributed by atoms with van der Waals surface area (Å²) in [4.78, 5) is 11.2. The number of hydrogen-bond acceptors (Lipinski definition) is 4. The molecule has 3 rings (SSSR count). The molecule has 1 aromatic carbocycles. The Hall–Kier alpha value is -1.11. The smallest absolute Gasteiger partial charge is 0.339 e. The third kappa shape index (κ3) is 1.86. The molecule has 1 heterocycles. The molecule has 19 heavy (non-hydrogen) atoms. The average Bonchev–Trinajstić information content (AvgIpc) is 2.83. The Bertz CT molecular complexity index is 544. The fourth-order valence-electron chi connectivity index (χ4n) is 3.17. The Morgan fingerprint density at radius 1 is 1.47 bits per heavy atom. The van der Waals surface area contributed by atoms with Crippen molar-refractivity contribution in [1.82, 2.24) is 0 Å². The monoisotopic (exact) mass is 328 g/mol. The molecule has 3 N–H and O–H groups in total. The van der Waals surface area contributed by atoms with Crippen LogP contribution >= 0.6 is 15.9 Å². The summed E-state index contributed by atoms with van der Waals surface area (Å²) in [6.45, 7) is -0.139. The van der Waals surface area contributed by atoms with Crippen LogP contribution in [0.2, 0.25) is 0 Å². The van der Waals surface area contributed by atoms with E-state index in [2.05, 4.69) is 15.9 Å². The summed E-state index contributed by atoms with van der Waals surface area (Å²) in [6, 6.07) is 3.32. The molecule has 1 fully saturated rings. The molecule has 1 aromatic rings. The molecule has 0 spiro atoms. The lowest BCUT2D eigenvalue weighted by molar-refractivity contribution is 0.0690. The molecular weight excluding hydrogens is 316 g/mol. The molecule has 1 aliphatic heterocycles. The molecule has 4 atom stereocenters. The van der Waals surface area contributed by atoms with Gasteiger partial charge in [-0.15, -0.1) is 0 Å². The van der Waals surface area contributed by atoms with Gasteiger partial charge in [0.15, 0.2) is 0 Å². The molecule has 2 aliphatic rings. The number of halogens is 1. The van der Waals surface area contributed by atoms with Crippen molar-refractivity contribution in [3.63, 3.8) is 0 Å². The summed E-state index contributed by atoms with van der Waals surface area (Å²) in [5.74, 6) is -1.12. The van der Waals surface area contributed by atoms with E-state index in [4.69, 9.17) is 4.74 Å². The summed E-state index contributed by atoms with van der Waals surface area (Å²) < 4.78 is 6.37. The molecule has 0 radical (unpaired) electrons. The molecule has 0 bridgehead atoms. The van der Waals surface area contributed by atoms with E-state index < -0.39 is 12.1 Å². The van der Waals surface area contributed by atoms with Crippen molar-refractivity contribution in [3.05, 3.63) is 27.7 Å². The van der Waals surface area contributed by atoms with Gasteiger partial charge in [-0.05, 0) is 12.1 Å². The number of aliphatic hydroxyl groups is 2. The summed E-state index contributed by atoms with van der Waals surface area (Å²) >= 11 is 3.29. The van der Waals surface area contributed by atoms with Gasteiger partial charge in [0.1, 0.15) is 17.4 Å². The normalized spacial score (nSPS) is 31.7. The van der Waals surface area contributed by atoms with Gasteiger partial charge in [0.05, 0.1) is 6.10 Å². The highest BCUT2D eigenvalue weighted by Crippen LogP contribution is 2.52. The van der Waals surface area contributed by atoms with E-state index in [9.17, 15) is 20.1 Å². The number of rotatable bonds is 2. The predicted molar refractivity (Wildman–Crippen MR) is 69.5 cm³/mol. The Morgan fingerprint density at radius 2 is 2.21 bits per heavy atom. The Balaban J connectivity index is 2.12. The topological polar surface area (TPSA) is 87.0 Å². The van der Waals surface area contributed by atoms with Gasteiger partial charge in [-0.2, -0.15) is 0 Å². The van der Waals surface area contributed by atoms with Crippen LogP contribution in [0.4, 0.5) is 0 Å². The summed E-state index contributed by atoms with van der Waals surface area (Å²) in [5, 5.41) is 28.5. The second-order valence-corrected chi connectivity index (χ2v) is 5.92. The van der Waals surface area contributed by atoms with E-state index in [1.54, 1.807) is 0 Å². The Kier molecular flexibility index (Phi) is 3.03. The van der Waals surface area contributed by atoms with Gasteiger partial charge in [0, 0.05) is 34.9 Å². The van der Waals surface area contributed by atoms with Crippen LogP contribution in [-0.4, -0.2) is 40.1 Å². The van der Waals surface area contributed by atoms with Crippen molar-refractivity contribution in [1.29, 1.82) is 0 Å². The van der Waals surface area contributed by atoms with Crippen LogP contribution in [0.1, 0.15) is 28.3 Å². The average molecular weight is 329 g/mol. The molecule has 5 nitrogen and oxygen atoms in total. The Labute approximate surface area is 117 Å². The molecule has 6 heteroatoms. The zero-order valence-electron chi connectivity index (χ0n) is 9.91. The highest BCUT2D eigenvalue weighted by atomic mass is 79.9.